The van der Waals surface area contributed by atoms with Crippen molar-refractivity contribution in [3.63, 3.8) is 0 Å². The Bertz CT molecular complexity index is 354. The van der Waals surface area contributed by atoms with Gasteiger partial charge < -0.3 is 4.74 Å². The highest BCUT2D eigenvalue weighted by Crippen LogP contribution is 2.47. The van der Waals surface area contributed by atoms with Gasteiger partial charge in [0.1, 0.15) is 6.61 Å². The highest BCUT2D eigenvalue weighted by Gasteiger charge is 2.70. The van der Waals surface area contributed by atoms with Crippen LogP contribution in [-0.2, 0) is 9.53 Å². The Balaban J connectivity index is 5.17. The van der Waals surface area contributed by atoms with Gasteiger partial charge in [0.25, 0.3) is 0 Å². The number of hydrogen-bond acceptors (Lipinski definition) is 2. The van der Waals surface area contributed by atoms with E-state index in [1.54, 1.807) is 0 Å². The molecule has 0 aliphatic rings. The number of esters is 1. The summed E-state index contributed by atoms with van der Waals surface area (Å²) < 4.78 is 101. The van der Waals surface area contributed by atoms with Crippen LogP contribution in [0.4, 0.5) is 35.1 Å². The van der Waals surface area contributed by atoms with Crippen LogP contribution in [0.25, 0.3) is 0 Å². The fraction of sp³-hybridized carbons (Fsp3) is 0.667. The molecule has 19 heavy (non-hydrogen) atoms. The molecule has 10 heteroatoms. The molecule has 0 spiro atoms. The standard InChI is InChI=1S/C9H8F8O2/c1-4(2)6(18)19-3-5(8(12,13)14)7(10,11)9(15,16)17/h5H,1,3H2,2H3. The first kappa shape index (κ1) is 17.6. The topological polar surface area (TPSA) is 26.3 Å². The van der Waals surface area contributed by atoms with Crippen molar-refractivity contribution >= 4 is 5.97 Å². The second-order valence-corrected chi connectivity index (χ2v) is 3.59. The van der Waals surface area contributed by atoms with Gasteiger partial charge in [0.05, 0.1) is 0 Å². The van der Waals surface area contributed by atoms with Crippen LogP contribution in [-0.4, -0.2) is 30.9 Å². The lowest BCUT2D eigenvalue weighted by atomic mass is 10.0. The molecule has 1 atom stereocenters. The Kier molecular flexibility index (Phi) is 4.96. The molecule has 0 aromatic heterocycles. The molecule has 0 saturated heterocycles. The summed E-state index contributed by atoms with van der Waals surface area (Å²) in [5.41, 5.74) is -0.434. The lowest BCUT2D eigenvalue weighted by molar-refractivity contribution is -0.349. The van der Waals surface area contributed by atoms with Crippen LogP contribution in [0.5, 0.6) is 0 Å². The third-order valence-electron chi connectivity index (χ3n) is 1.94. The minimum absolute atomic E-state index is 0.434. The molecule has 0 amide bonds. The fourth-order valence-electron chi connectivity index (χ4n) is 0.884. The summed E-state index contributed by atoms with van der Waals surface area (Å²) >= 11 is 0. The van der Waals surface area contributed by atoms with Gasteiger partial charge in [-0.1, -0.05) is 6.58 Å². The first-order valence-electron chi connectivity index (χ1n) is 4.55. The SMILES string of the molecule is C=C(C)C(=O)OCC(C(F)(F)F)C(F)(F)C(F)(F)F. The number of rotatable bonds is 4. The van der Waals surface area contributed by atoms with Gasteiger partial charge in [-0.2, -0.15) is 35.1 Å². The monoisotopic (exact) mass is 300 g/mol. The lowest BCUT2D eigenvalue weighted by Gasteiger charge is -2.29. The number of alkyl halides is 8. The van der Waals surface area contributed by atoms with Crippen molar-refractivity contribution in [3.8, 4) is 0 Å². The highest BCUT2D eigenvalue weighted by atomic mass is 19.4. The van der Waals surface area contributed by atoms with Gasteiger partial charge in [0, 0.05) is 5.57 Å². The van der Waals surface area contributed by atoms with E-state index < -0.39 is 42.3 Å². The number of carbonyl (C=O) groups excluding carboxylic acids is 1. The van der Waals surface area contributed by atoms with E-state index in [2.05, 4.69) is 11.3 Å². The summed E-state index contributed by atoms with van der Waals surface area (Å²) in [5, 5.41) is 0. The van der Waals surface area contributed by atoms with Gasteiger partial charge in [0.15, 0.2) is 5.92 Å². The van der Waals surface area contributed by atoms with E-state index in [-0.39, 0.29) is 0 Å². The van der Waals surface area contributed by atoms with Crippen molar-refractivity contribution in [1.29, 1.82) is 0 Å². The molecule has 0 rings (SSSR count). The van der Waals surface area contributed by atoms with Crippen LogP contribution in [0.3, 0.4) is 0 Å². The molecule has 0 bridgehead atoms. The van der Waals surface area contributed by atoms with Crippen LogP contribution in [0.2, 0.25) is 0 Å². The molecular weight excluding hydrogens is 292 g/mol. The molecule has 0 heterocycles. The third-order valence-corrected chi connectivity index (χ3v) is 1.94. The smallest absolute Gasteiger partial charge is 0.454 e. The van der Waals surface area contributed by atoms with Crippen molar-refractivity contribution in [2.45, 2.75) is 25.2 Å². The zero-order valence-corrected chi connectivity index (χ0v) is 9.33. The zero-order chi connectivity index (χ0) is 15.6. The summed E-state index contributed by atoms with van der Waals surface area (Å²) in [6, 6.07) is 0. The molecule has 0 aromatic carbocycles. The average Bonchev–Trinajstić information content (AvgIpc) is 2.12. The Hall–Kier alpha value is -1.35. The highest BCUT2D eigenvalue weighted by molar-refractivity contribution is 5.86. The van der Waals surface area contributed by atoms with Crippen molar-refractivity contribution in [2.75, 3.05) is 6.61 Å². The predicted molar refractivity (Wildman–Crippen MR) is 46.3 cm³/mol. The molecule has 112 valence electrons. The maximum Gasteiger partial charge on any atom is 0.454 e. The molecule has 0 N–H and O–H groups in total. The van der Waals surface area contributed by atoms with E-state index >= 15 is 0 Å². The van der Waals surface area contributed by atoms with Gasteiger partial charge in [-0.3, -0.25) is 0 Å². The summed E-state index contributed by atoms with van der Waals surface area (Å²) in [7, 11) is 0. The molecule has 1 unspecified atom stereocenters. The average molecular weight is 300 g/mol. The summed E-state index contributed by atoms with van der Waals surface area (Å²) in [6.45, 7) is 1.78. The molecule has 0 aliphatic carbocycles. The number of halogens is 8. The number of ether oxygens (including phenoxy) is 1. The molecule has 0 saturated carbocycles. The summed E-state index contributed by atoms with van der Waals surface area (Å²) in [5.74, 6) is -11.7. The van der Waals surface area contributed by atoms with E-state index in [9.17, 15) is 39.9 Å². The van der Waals surface area contributed by atoms with E-state index in [1.807, 2.05) is 0 Å². The quantitative estimate of drug-likeness (QED) is 0.451. The zero-order valence-electron chi connectivity index (χ0n) is 9.33. The van der Waals surface area contributed by atoms with E-state index in [0.29, 0.717) is 0 Å². The maximum absolute atomic E-state index is 12.7. The van der Waals surface area contributed by atoms with E-state index in [0.717, 1.165) is 6.92 Å². The van der Waals surface area contributed by atoms with Crippen LogP contribution >= 0.6 is 0 Å². The van der Waals surface area contributed by atoms with Crippen LogP contribution in [0, 0.1) is 5.92 Å². The van der Waals surface area contributed by atoms with Crippen molar-refractivity contribution < 1.29 is 44.7 Å². The molecular formula is C9H8F8O2. The van der Waals surface area contributed by atoms with Crippen molar-refractivity contribution in [3.05, 3.63) is 12.2 Å². The Morgan fingerprint density at radius 1 is 1.11 bits per heavy atom. The minimum atomic E-state index is -6.41. The molecule has 0 radical (unpaired) electrons. The normalized spacial score (nSPS) is 15.0. The van der Waals surface area contributed by atoms with Gasteiger partial charge >= 0.3 is 24.2 Å². The van der Waals surface area contributed by atoms with Crippen LogP contribution in [0.15, 0.2) is 12.2 Å². The third kappa shape index (κ3) is 4.35. The molecule has 0 fully saturated rings. The van der Waals surface area contributed by atoms with Crippen LogP contribution < -0.4 is 0 Å². The fourth-order valence-corrected chi connectivity index (χ4v) is 0.884. The summed E-state index contributed by atoms with van der Waals surface area (Å²) in [4.78, 5) is 10.7. The summed E-state index contributed by atoms with van der Waals surface area (Å²) in [6.07, 6.45) is -12.3. The second kappa shape index (κ2) is 5.33. The predicted octanol–water partition coefficient (Wildman–Crippen LogP) is 3.48. The van der Waals surface area contributed by atoms with Crippen molar-refractivity contribution in [1.82, 2.24) is 0 Å². The largest absolute Gasteiger partial charge is 0.461 e. The first-order valence-corrected chi connectivity index (χ1v) is 4.55. The van der Waals surface area contributed by atoms with E-state index in [1.165, 1.54) is 0 Å². The Labute approximate surface area is 102 Å². The Morgan fingerprint density at radius 2 is 1.53 bits per heavy atom. The minimum Gasteiger partial charge on any atom is -0.461 e. The maximum atomic E-state index is 12.7. The molecule has 2 nitrogen and oxygen atoms in total. The lowest BCUT2D eigenvalue weighted by Crippen LogP contribution is -2.51. The number of carbonyl (C=O) groups is 1. The van der Waals surface area contributed by atoms with Crippen molar-refractivity contribution in [2.24, 2.45) is 5.92 Å². The van der Waals surface area contributed by atoms with Gasteiger partial charge in [-0.05, 0) is 6.92 Å². The first-order chi connectivity index (χ1) is 8.21. The van der Waals surface area contributed by atoms with Crippen LogP contribution in [0.1, 0.15) is 6.92 Å². The Morgan fingerprint density at radius 3 is 1.79 bits per heavy atom. The van der Waals surface area contributed by atoms with Gasteiger partial charge in [-0.25, -0.2) is 4.79 Å². The van der Waals surface area contributed by atoms with E-state index in [4.69, 9.17) is 0 Å². The number of hydrogen-bond donors (Lipinski definition) is 0. The second-order valence-electron chi connectivity index (χ2n) is 3.59. The molecule has 0 aromatic rings. The van der Waals surface area contributed by atoms with Gasteiger partial charge in [0.2, 0.25) is 0 Å². The molecule has 0 aliphatic heterocycles. The van der Waals surface area contributed by atoms with Gasteiger partial charge in [-0.15, -0.1) is 0 Å².